The minimum Gasteiger partial charge on any atom is -0.497 e. The number of likely N-dealkylation sites (N-methyl/N-ethyl adjacent to an activating group) is 1. The molecule has 1 fully saturated rings. The van der Waals surface area contributed by atoms with Gasteiger partial charge in [0.1, 0.15) is 16.6 Å². The molecule has 0 N–H and O–H groups in total. The standard InChI is InChI=1S/C23H22N2O5S2/c1-24(13-17-6-4-3-5-7-17)20(26)15-30-21(27)14-25-22(28)19(32-23(25)31)12-16-8-10-18(29-2)11-9-16/h3-12H,13-15H2,1-2H3/b19-12+. The van der Waals surface area contributed by atoms with E-state index in [1.54, 1.807) is 32.4 Å². The molecule has 166 valence electrons. The largest absolute Gasteiger partial charge is 0.497 e. The van der Waals surface area contributed by atoms with Crippen molar-refractivity contribution in [2.75, 3.05) is 27.3 Å². The van der Waals surface area contributed by atoms with Gasteiger partial charge in [-0.15, -0.1) is 0 Å². The van der Waals surface area contributed by atoms with Crippen LogP contribution in [-0.4, -0.2) is 59.2 Å². The van der Waals surface area contributed by atoms with Gasteiger partial charge in [-0.05, 0) is 29.3 Å². The van der Waals surface area contributed by atoms with Gasteiger partial charge in [-0.3, -0.25) is 19.3 Å². The van der Waals surface area contributed by atoms with Crippen LogP contribution in [0.15, 0.2) is 59.5 Å². The summed E-state index contributed by atoms with van der Waals surface area (Å²) >= 11 is 6.36. The summed E-state index contributed by atoms with van der Waals surface area (Å²) in [4.78, 5) is 40.2. The molecule has 0 aliphatic carbocycles. The molecule has 2 amide bonds. The van der Waals surface area contributed by atoms with Crippen LogP contribution in [0.3, 0.4) is 0 Å². The zero-order chi connectivity index (χ0) is 23.1. The second-order valence-corrected chi connectivity index (χ2v) is 8.61. The number of rotatable bonds is 8. The summed E-state index contributed by atoms with van der Waals surface area (Å²) < 4.78 is 10.5. The molecule has 7 nitrogen and oxygen atoms in total. The van der Waals surface area contributed by atoms with Crippen LogP contribution in [0.2, 0.25) is 0 Å². The number of ether oxygens (including phenoxy) is 2. The third-order valence-electron chi connectivity index (χ3n) is 4.62. The number of carbonyl (C=O) groups is 3. The van der Waals surface area contributed by atoms with Crippen molar-refractivity contribution in [3.05, 3.63) is 70.6 Å². The summed E-state index contributed by atoms with van der Waals surface area (Å²) in [6, 6.07) is 16.7. The van der Waals surface area contributed by atoms with E-state index in [2.05, 4.69) is 0 Å². The maximum atomic E-state index is 12.7. The molecule has 1 heterocycles. The fraction of sp³-hybridized carbons (Fsp3) is 0.217. The summed E-state index contributed by atoms with van der Waals surface area (Å²) in [7, 11) is 3.21. The quantitative estimate of drug-likeness (QED) is 0.333. The highest BCUT2D eigenvalue weighted by molar-refractivity contribution is 8.26. The van der Waals surface area contributed by atoms with Crippen LogP contribution in [0.25, 0.3) is 6.08 Å². The second kappa shape index (κ2) is 10.9. The lowest BCUT2D eigenvalue weighted by Gasteiger charge is -2.18. The molecule has 0 spiro atoms. The van der Waals surface area contributed by atoms with Crippen LogP contribution in [0.5, 0.6) is 5.75 Å². The number of methoxy groups -OCH3 is 1. The van der Waals surface area contributed by atoms with Crippen LogP contribution in [0.4, 0.5) is 0 Å². The van der Waals surface area contributed by atoms with Crippen LogP contribution in [0.1, 0.15) is 11.1 Å². The maximum Gasteiger partial charge on any atom is 0.326 e. The molecule has 0 unspecified atom stereocenters. The number of thiocarbonyl (C=S) groups is 1. The van der Waals surface area contributed by atoms with Crippen molar-refractivity contribution in [2.45, 2.75) is 6.54 Å². The fourth-order valence-electron chi connectivity index (χ4n) is 2.86. The van der Waals surface area contributed by atoms with Gasteiger partial charge in [0.05, 0.1) is 12.0 Å². The minimum atomic E-state index is -0.701. The molecular formula is C23H22N2O5S2. The molecular weight excluding hydrogens is 448 g/mol. The van der Waals surface area contributed by atoms with Gasteiger partial charge < -0.3 is 14.4 Å². The maximum absolute atomic E-state index is 12.7. The van der Waals surface area contributed by atoms with Crippen molar-refractivity contribution in [3.8, 4) is 5.75 Å². The Morgan fingerprint density at radius 1 is 1.12 bits per heavy atom. The van der Waals surface area contributed by atoms with E-state index in [9.17, 15) is 14.4 Å². The Labute approximate surface area is 196 Å². The van der Waals surface area contributed by atoms with E-state index >= 15 is 0 Å². The van der Waals surface area contributed by atoms with E-state index in [0.29, 0.717) is 17.2 Å². The van der Waals surface area contributed by atoms with E-state index in [0.717, 1.165) is 22.9 Å². The molecule has 0 atom stereocenters. The number of hydrogen-bond acceptors (Lipinski definition) is 7. The molecule has 3 rings (SSSR count). The highest BCUT2D eigenvalue weighted by atomic mass is 32.2. The molecule has 2 aromatic rings. The average Bonchev–Trinajstić information content (AvgIpc) is 3.05. The van der Waals surface area contributed by atoms with Gasteiger partial charge in [0.2, 0.25) is 0 Å². The van der Waals surface area contributed by atoms with Crippen molar-refractivity contribution in [1.82, 2.24) is 9.80 Å². The number of amides is 2. The molecule has 1 aliphatic rings. The number of carbonyl (C=O) groups excluding carboxylic acids is 3. The lowest BCUT2D eigenvalue weighted by atomic mass is 10.2. The molecule has 0 bridgehead atoms. The topological polar surface area (TPSA) is 76.2 Å². The Hall–Kier alpha value is -3.17. The van der Waals surface area contributed by atoms with Crippen LogP contribution in [-0.2, 0) is 25.7 Å². The minimum absolute atomic E-state index is 0.263. The van der Waals surface area contributed by atoms with E-state index < -0.39 is 12.6 Å². The third kappa shape index (κ3) is 6.18. The first-order valence-corrected chi connectivity index (χ1v) is 10.9. The molecule has 1 saturated heterocycles. The molecule has 0 saturated carbocycles. The van der Waals surface area contributed by atoms with E-state index in [-0.39, 0.29) is 22.7 Å². The lowest BCUT2D eigenvalue weighted by molar-refractivity contribution is -0.152. The normalized spacial score (nSPS) is 14.6. The van der Waals surface area contributed by atoms with Crippen LogP contribution in [0, 0.1) is 0 Å². The van der Waals surface area contributed by atoms with Gasteiger partial charge in [0.15, 0.2) is 6.61 Å². The predicted molar refractivity (Wildman–Crippen MR) is 127 cm³/mol. The van der Waals surface area contributed by atoms with Crippen molar-refractivity contribution >= 4 is 52.2 Å². The highest BCUT2D eigenvalue weighted by Crippen LogP contribution is 2.32. The smallest absolute Gasteiger partial charge is 0.326 e. The Bertz CT molecular complexity index is 1040. The van der Waals surface area contributed by atoms with Gasteiger partial charge >= 0.3 is 5.97 Å². The van der Waals surface area contributed by atoms with Crippen LogP contribution < -0.4 is 4.74 Å². The number of nitrogens with zero attached hydrogens (tertiary/aromatic N) is 2. The molecule has 9 heteroatoms. The lowest BCUT2D eigenvalue weighted by Crippen LogP contribution is -2.36. The van der Waals surface area contributed by atoms with E-state index in [4.69, 9.17) is 21.7 Å². The number of esters is 1. The van der Waals surface area contributed by atoms with Gasteiger partial charge in [0, 0.05) is 13.6 Å². The van der Waals surface area contributed by atoms with E-state index in [1.165, 1.54) is 9.80 Å². The zero-order valence-electron chi connectivity index (χ0n) is 17.6. The summed E-state index contributed by atoms with van der Waals surface area (Å²) in [6.45, 7) is -0.346. The number of hydrogen-bond donors (Lipinski definition) is 0. The summed E-state index contributed by atoms with van der Waals surface area (Å²) in [6.07, 6.45) is 1.70. The molecule has 1 aliphatic heterocycles. The predicted octanol–water partition coefficient (Wildman–Crippen LogP) is 3.10. The Morgan fingerprint density at radius 2 is 1.81 bits per heavy atom. The zero-order valence-corrected chi connectivity index (χ0v) is 19.3. The molecule has 0 aromatic heterocycles. The Kier molecular flexibility index (Phi) is 8.02. The summed E-state index contributed by atoms with van der Waals surface area (Å²) in [5, 5.41) is 0. The second-order valence-electron chi connectivity index (χ2n) is 6.94. The van der Waals surface area contributed by atoms with E-state index in [1.807, 2.05) is 42.5 Å². The van der Waals surface area contributed by atoms with Crippen molar-refractivity contribution in [1.29, 1.82) is 0 Å². The first-order chi connectivity index (χ1) is 15.4. The van der Waals surface area contributed by atoms with Crippen molar-refractivity contribution in [3.63, 3.8) is 0 Å². The SMILES string of the molecule is COc1ccc(/C=C2/SC(=S)N(CC(=O)OCC(=O)N(C)Cc3ccccc3)C2=O)cc1. The summed E-state index contributed by atoms with van der Waals surface area (Å²) in [5.41, 5.74) is 1.77. The first kappa shape index (κ1) is 23.5. The van der Waals surface area contributed by atoms with Crippen molar-refractivity contribution < 1.29 is 23.9 Å². The third-order valence-corrected chi connectivity index (χ3v) is 6.00. The number of thioether (sulfide) groups is 1. The molecule has 2 aromatic carbocycles. The summed E-state index contributed by atoms with van der Waals surface area (Å²) in [5.74, 6) is -0.706. The van der Waals surface area contributed by atoms with Gasteiger partial charge in [-0.25, -0.2) is 0 Å². The molecule has 0 radical (unpaired) electrons. The van der Waals surface area contributed by atoms with Gasteiger partial charge in [-0.1, -0.05) is 66.4 Å². The monoisotopic (exact) mass is 470 g/mol. The fourth-order valence-corrected chi connectivity index (χ4v) is 4.12. The van der Waals surface area contributed by atoms with Crippen LogP contribution >= 0.6 is 24.0 Å². The molecule has 32 heavy (non-hydrogen) atoms. The van der Waals surface area contributed by atoms with Crippen molar-refractivity contribution in [2.24, 2.45) is 0 Å². The average molecular weight is 471 g/mol. The Balaban J connectivity index is 1.52. The first-order valence-electron chi connectivity index (χ1n) is 9.70. The Morgan fingerprint density at radius 3 is 2.47 bits per heavy atom. The number of benzene rings is 2. The highest BCUT2D eigenvalue weighted by Gasteiger charge is 2.34. The van der Waals surface area contributed by atoms with Gasteiger partial charge in [0.25, 0.3) is 11.8 Å². The van der Waals surface area contributed by atoms with Gasteiger partial charge in [-0.2, -0.15) is 0 Å².